The van der Waals surface area contributed by atoms with Crippen LogP contribution >= 0.6 is 0 Å². The van der Waals surface area contributed by atoms with E-state index in [-0.39, 0.29) is 5.82 Å². The maximum Gasteiger partial charge on any atom is 0.126 e. The molecule has 0 radical (unpaired) electrons. The molecule has 0 aliphatic rings. The zero-order valence-corrected chi connectivity index (χ0v) is 10.3. The van der Waals surface area contributed by atoms with E-state index in [9.17, 15) is 4.39 Å². The molecular weight excluding hydrogens is 217 g/mol. The van der Waals surface area contributed by atoms with E-state index in [0.29, 0.717) is 12.1 Å². The van der Waals surface area contributed by atoms with E-state index in [4.69, 9.17) is 0 Å². The van der Waals surface area contributed by atoms with E-state index in [1.807, 2.05) is 24.7 Å². The number of hydrogen-bond acceptors (Lipinski definition) is 2. The first-order valence-electron chi connectivity index (χ1n) is 5.56. The number of rotatable bonds is 3. The first kappa shape index (κ1) is 11.6. The molecule has 0 saturated carbocycles. The van der Waals surface area contributed by atoms with Crippen molar-refractivity contribution in [2.45, 2.75) is 20.4 Å². The van der Waals surface area contributed by atoms with Crippen molar-refractivity contribution >= 4 is 5.69 Å². The topological polar surface area (TPSA) is 29.9 Å². The summed E-state index contributed by atoms with van der Waals surface area (Å²) in [5.41, 5.74) is 3.67. The molecule has 0 spiro atoms. The monoisotopic (exact) mass is 233 g/mol. The SMILES string of the molecule is Cc1cc(CNc2ccc(F)c(C)c2)n(C)n1. The summed E-state index contributed by atoms with van der Waals surface area (Å²) in [5.74, 6) is -0.174. The average Bonchev–Trinajstić information content (AvgIpc) is 2.59. The molecule has 0 aliphatic carbocycles. The third kappa shape index (κ3) is 2.64. The van der Waals surface area contributed by atoms with Gasteiger partial charge in [0.25, 0.3) is 0 Å². The lowest BCUT2D eigenvalue weighted by Gasteiger charge is -2.07. The minimum Gasteiger partial charge on any atom is -0.379 e. The summed E-state index contributed by atoms with van der Waals surface area (Å²) in [6, 6.07) is 7.06. The van der Waals surface area contributed by atoms with Crippen molar-refractivity contribution in [3.8, 4) is 0 Å². The van der Waals surface area contributed by atoms with Crippen LogP contribution in [0.25, 0.3) is 0 Å². The van der Waals surface area contributed by atoms with Gasteiger partial charge >= 0.3 is 0 Å². The zero-order chi connectivity index (χ0) is 12.4. The number of hydrogen-bond donors (Lipinski definition) is 1. The summed E-state index contributed by atoms with van der Waals surface area (Å²) in [6.07, 6.45) is 0. The fourth-order valence-electron chi connectivity index (χ4n) is 1.78. The molecule has 1 aromatic heterocycles. The molecule has 0 aliphatic heterocycles. The Morgan fingerprint density at radius 1 is 1.29 bits per heavy atom. The van der Waals surface area contributed by atoms with Gasteiger partial charge in [-0.3, -0.25) is 4.68 Å². The van der Waals surface area contributed by atoms with Crippen LogP contribution in [0, 0.1) is 19.7 Å². The summed E-state index contributed by atoms with van der Waals surface area (Å²) in [7, 11) is 1.92. The molecule has 0 unspecified atom stereocenters. The first-order chi connectivity index (χ1) is 8.06. The molecule has 0 fully saturated rings. The Labute approximate surface area is 100 Å². The van der Waals surface area contributed by atoms with Gasteiger partial charge in [-0.05, 0) is 43.7 Å². The van der Waals surface area contributed by atoms with Crippen LogP contribution in [-0.4, -0.2) is 9.78 Å². The van der Waals surface area contributed by atoms with Crippen molar-refractivity contribution in [3.63, 3.8) is 0 Å². The highest BCUT2D eigenvalue weighted by Crippen LogP contribution is 2.14. The maximum atomic E-state index is 13.1. The highest BCUT2D eigenvalue weighted by molar-refractivity contribution is 5.46. The molecule has 1 aromatic carbocycles. The van der Waals surface area contributed by atoms with Gasteiger partial charge in [0.15, 0.2) is 0 Å². The Morgan fingerprint density at radius 2 is 2.06 bits per heavy atom. The Hall–Kier alpha value is -1.84. The van der Waals surface area contributed by atoms with Crippen LogP contribution in [0.4, 0.5) is 10.1 Å². The molecule has 17 heavy (non-hydrogen) atoms. The van der Waals surface area contributed by atoms with Gasteiger partial charge in [-0.2, -0.15) is 5.10 Å². The maximum absolute atomic E-state index is 13.1. The third-order valence-corrected chi connectivity index (χ3v) is 2.73. The fourth-order valence-corrected chi connectivity index (χ4v) is 1.78. The third-order valence-electron chi connectivity index (χ3n) is 2.73. The smallest absolute Gasteiger partial charge is 0.126 e. The Balaban J connectivity index is 2.07. The van der Waals surface area contributed by atoms with Crippen LogP contribution in [0.3, 0.4) is 0 Å². The Bertz CT molecular complexity index is 531. The van der Waals surface area contributed by atoms with Gasteiger partial charge in [0.05, 0.1) is 17.9 Å². The van der Waals surface area contributed by atoms with Crippen LogP contribution in [0.15, 0.2) is 24.3 Å². The standard InChI is InChI=1S/C13H16FN3/c1-9-6-11(4-5-13(9)14)15-8-12-7-10(2)16-17(12)3/h4-7,15H,8H2,1-3H3. The van der Waals surface area contributed by atoms with Crippen LogP contribution in [-0.2, 0) is 13.6 Å². The highest BCUT2D eigenvalue weighted by Gasteiger charge is 2.02. The summed E-state index contributed by atoms with van der Waals surface area (Å²) >= 11 is 0. The van der Waals surface area contributed by atoms with Crippen molar-refractivity contribution in [1.82, 2.24) is 9.78 Å². The Kier molecular flexibility index (Phi) is 3.13. The molecule has 1 N–H and O–H groups in total. The lowest BCUT2D eigenvalue weighted by molar-refractivity contribution is 0.618. The van der Waals surface area contributed by atoms with Crippen molar-refractivity contribution in [2.75, 3.05) is 5.32 Å². The lowest BCUT2D eigenvalue weighted by atomic mass is 10.2. The molecule has 1 heterocycles. The molecule has 3 nitrogen and oxygen atoms in total. The minimum atomic E-state index is -0.174. The largest absolute Gasteiger partial charge is 0.379 e. The number of halogens is 1. The second-order valence-electron chi connectivity index (χ2n) is 4.22. The molecule has 2 rings (SSSR count). The summed E-state index contributed by atoms with van der Waals surface area (Å²) < 4.78 is 14.9. The van der Waals surface area contributed by atoms with E-state index in [1.165, 1.54) is 6.07 Å². The zero-order valence-electron chi connectivity index (χ0n) is 10.3. The number of aryl methyl sites for hydroxylation is 3. The van der Waals surface area contributed by atoms with Crippen molar-refractivity contribution in [3.05, 3.63) is 47.0 Å². The first-order valence-corrected chi connectivity index (χ1v) is 5.56. The fraction of sp³-hybridized carbons (Fsp3) is 0.308. The predicted molar refractivity (Wildman–Crippen MR) is 66.4 cm³/mol. The number of nitrogens with one attached hydrogen (secondary N) is 1. The normalized spacial score (nSPS) is 10.6. The van der Waals surface area contributed by atoms with Gasteiger partial charge in [-0.25, -0.2) is 4.39 Å². The van der Waals surface area contributed by atoms with Crippen molar-refractivity contribution < 1.29 is 4.39 Å². The quantitative estimate of drug-likeness (QED) is 0.883. The van der Waals surface area contributed by atoms with E-state index < -0.39 is 0 Å². The van der Waals surface area contributed by atoms with Gasteiger partial charge in [0.1, 0.15) is 5.82 Å². The second kappa shape index (κ2) is 4.57. The Morgan fingerprint density at radius 3 is 2.65 bits per heavy atom. The second-order valence-corrected chi connectivity index (χ2v) is 4.22. The molecular formula is C13H16FN3. The summed E-state index contributed by atoms with van der Waals surface area (Å²) in [5, 5.41) is 7.53. The molecule has 0 bridgehead atoms. The van der Waals surface area contributed by atoms with Gasteiger partial charge in [0, 0.05) is 12.7 Å². The van der Waals surface area contributed by atoms with E-state index in [2.05, 4.69) is 10.4 Å². The van der Waals surface area contributed by atoms with Crippen molar-refractivity contribution in [1.29, 1.82) is 0 Å². The number of aromatic nitrogens is 2. The van der Waals surface area contributed by atoms with Crippen LogP contribution in [0.5, 0.6) is 0 Å². The van der Waals surface area contributed by atoms with E-state index in [0.717, 1.165) is 17.1 Å². The molecule has 2 aromatic rings. The molecule has 0 atom stereocenters. The number of nitrogens with zero attached hydrogens (tertiary/aromatic N) is 2. The van der Waals surface area contributed by atoms with Crippen molar-refractivity contribution in [2.24, 2.45) is 7.05 Å². The molecule has 0 saturated heterocycles. The number of benzene rings is 1. The van der Waals surface area contributed by atoms with Gasteiger partial charge in [-0.1, -0.05) is 0 Å². The van der Waals surface area contributed by atoms with Gasteiger partial charge in [-0.15, -0.1) is 0 Å². The highest BCUT2D eigenvalue weighted by atomic mass is 19.1. The summed E-state index contributed by atoms with van der Waals surface area (Å²) in [6.45, 7) is 4.41. The molecule has 90 valence electrons. The van der Waals surface area contributed by atoms with Gasteiger partial charge < -0.3 is 5.32 Å². The van der Waals surface area contributed by atoms with Crippen LogP contribution < -0.4 is 5.32 Å². The predicted octanol–water partition coefficient (Wildman–Crippen LogP) is 2.79. The minimum absolute atomic E-state index is 0.174. The molecule has 4 heteroatoms. The lowest BCUT2D eigenvalue weighted by Crippen LogP contribution is -2.05. The molecule has 0 amide bonds. The van der Waals surface area contributed by atoms with Crippen LogP contribution in [0.1, 0.15) is 17.0 Å². The number of anilines is 1. The van der Waals surface area contributed by atoms with Gasteiger partial charge in [0.2, 0.25) is 0 Å². The summed E-state index contributed by atoms with van der Waals surface area (Å²) in [4.78, 5) is 0. The van der Waals surface area contributed by atoms with E-state index in [1.54, 1.807) is 19.1 Å². The van der Waals surface area contributed by atoms with Crippen LogP contribution in [0.2, 0.25) is 0 Å². The average molecular weight is 233 g/mol. The van der Waals surface area contributed by atoms with E-state index >= 15 is 0 Å².